The monoisotopic (exact) mass is 399 g/mol. The van der Waals surface area contributed by atoms with E-state index in [-0.39, 0.29) is 29.1 Å². The Labute approximate surface area is 156 Å². The number of phenolic OH excluding ortho intramolecular Hbond substituents is 1. The summed E-state index contributed by atoms with van der Waals surface area (Å²) in [6, 6.07) is 7.72. The topological polar surface area (TPSA) is 46.5 Å². The quantitative estimate of drug-likeness (QED) is 0.580. The highest BCUT2D eigenvalue weighted by atomic mass is 79.9. The normalized spacial score (nSPS) is 22.2. The Bertz CT molecular complexity index is 527. The highest BCUT2D eigenvalue weighted by Gasteiger charge is 2.32. The lowest BCUT2D eigenvalue weighted by Crippen LogP contribution is -3.00. The predicted octanol–water partition coefficient (Wildman–Crippen LogP) is 0.452. The first-order chi connectivity index (χ1) is 10.9. The van der Waals surface area contributed by atoms with Gasteiger partial charge in [-0.2, -0.15) is 0 Å². The van der Waals surface area contributed by atoms with Crippen LogP contribution in [-0.2, 0) is 9.53 Å². The largest absolute Gasteiger partial charge is 1.00 e. The third-order valence-corrected chi connectivity index (χ3v) is 4.82. The molecule has 4 nitrogen and oxygen atoms in total. The SMILES string of the molecule is CC(=O)OC1CC[N+](C)(C)C1.Oc1ccccc1C1CCCC1.[Br-]. The van der Waals surface area contributed by atoms with E-state index in [1.165, 1.54) is 32.6 Å². The lowest BCUT2D eigenvalue weighted by molar-refractivity contribution is -0.879. The zero-order chi connectivity index (χ0) is 16.9. The van der Waals surface area contributed by atoms with E-state index in [4.69, 9.17) is 4.74 Å². The van der Waals surface area contributed by atoms with E-state index in [1.54, 1.807) is 6.07 Å². The number of likely N-dealkylation sites (N-methyl/N-ethyl adjacent to an activating group) is 1. The van der Waals surface area contributed by atoms with Gasteiger partial charge in [0, 0.05) is 13.3 Å². The van der Waals surface area contributed by atoms with E-state index in [2.05, 4.69) is 14.1 Å². The molecule has 0 aromatic heterocycles. The summed E-state index contributed by atoms with van der Waals surface area (Å²) in [5.74, 6) is 0.938. The van der Waals surface area contributed by atoms with E-state index >= 15 is 0 Å². The number of carbonyl (C=O) groups excluding carboxylic acids is 1. The van der Waals surface area contributed by atoms with Gasteiger partial charge < -0.3 is 31.3 Å². The number of hydrogen-bond donors (Lipinski definition) is 1. The summed E-state index contributed by atoms with van der Waals surface area (Å²) in [6.45, 7) is 3.54. The van der Waals surface area contributed by atoms with Crippen molar-refractivity contribution in [3.63, 3.8) is 0 Å². The van der Waals surface area contributed by atoms with E-state index in [0.717, 1.165) is 29.6 Å². The fourth-order valence-electron chi connectivity index (χ4n) is 3.63. The van der Waals surface area contributed by atoms with Crippen molar-refractivity contribution >= 4 is 5.97 Å². The van der Waals surface area contributed by atoms with Gasteiger partial charge in [-0.25, -0.2) is 0 Å². The Kier molecular flexibility index (Phi) is 8.23. The van der Waals surface area contributed by atoms with Crippen molar-refractivity contribution in [3.05, 3.63) is 29.8 Å². The maximum Gasteiger partial charge on any atom is 0.303 e. The molecule has 1 aromatic carbocycles. The first kappa shape index (κ1) is 21.0. The highest BCUT2D eigenvalue weighted by molar-refractivity contribution is 5.66. The molecule has 0 bridgehead atoms. The number of carbonyl (C=O) groups is 1. The van der Waals surface area contributed by atoms with Gasteiger partial charge in [0.1, 0.15) is 12.3 Å². The Balaban J connectivity index is 0.000000232. The van der Waals surface area contributed by atoms with Crippen molar-refractivity contribution in [2.24, 2.45) is 0 Å². The van der Waals surface area contributed by atoms with E-state index in [1.807, 2.05) is 18.2 Å². The molecule has 1 unspecified atom stereocenters. The van der Waals surface area contributed by atoms with Crippen molar-refractivity contribution in [2.75, 3.05) is 27.2 Å². The number of benzene rings is 1. The molecule has 5 heteroatoms. The lowest BCUT2D eigenvalue weighted by atomic mass is 9.97. The van der Waals surface area contributed by atoms with Crippen LogP contribution >= 0.6 is 0 Å². The summed E-state index contributed by atoms with van der Waals surface area (Å²) >= 11 is 0. The first-order valence-corrected chi connectivity index (χ1v) is 8.64. The molecule has 2 fully saturated rings. The fraction of sp³-hybridized carbons (Fsp3) is 0.632. The minimum atomic E-state index is -0.156. The molecule has 1 heterocycles. The molecule has 3 rings (SSSR count). The number of likely N-dealkylation sites (tertiary alicyclic amines) is 1. The van der Waals surface area contributed by atoms with Crippen LogP contribution in [-0.4, -0.2) is 48.8 Å². The maximum absolute atomic E-state index is 10.6. The molecule has 0 radical (unpaired) electrons. The molecule has 1 aliphatic heterocycles. The van der Waals surface area contributed by atoms with Crippen LogP contribution in [0.15, 0.2) is 24.3 Å². The number of rotatable bonds is 2. The van der Waals surface area contributed by atoms with Crippen LogP contribution in [0.3, 0.4) is 0 Å². The molecule has 0 amide bonds. The predicted molar refractivity (Wildman–Crippen MR) is 91.3 cm³/mol. The summed E-state index contributed by atoms with van der Waals surface area (Å²) < 4.78 is 6.06. The smallest absolute Gasteiger partial charge is 0.303 e. The van der Waals surface area contributed by atoms with Gasteiger partial charge in [0.15, 0.2) is 6.10 Å². The number of hydrogen-bond acceptors (Lipinski definition) is 3. The molecule has 2 aliphatic rings. The average molecular weight is 400 g/mol. The Hall–Kier alpha value is -1.07. The molecule has 1 aromatic rings. The number of quaternary nitrogens is 1. The van der Waals surface area contributed by atoms with Crippen molar-refractivity contribution in [1.29, 1.82) is 0 Å². The molecule has 1 saturated carbocycles. The van der Waals surface area contributed by atoms with Crippen LogP contribution in [0.1, 0.15) is 50.5 Å². The van der Waals surface area contributed by atoms with Crippen LogP contribution in [0.4, 0.5) is 0 Å². The number of phenols is 1. The molecule has 136 valence electrons. The second kappa shape index (κ2) is 9.42. The molecular weight excluding hydrogens is 370 g/mol. The van der Waals surface area contributed by atoms with Gasteiger partial charge in [-0.15, -0.1) is 0 Å². The van der Waals surface area contributed by atoms with Crippen molar-refractivity contribution in [2.45, 2.75) is 51.0 Å². The van der Waals surface area contributed by atoms with Gasteiger partial charge in [0.05, 0.1) is 20.6 Å². The number of nitrogens with zero attached hydrogens (tertiary/aromatic N) is 1. The van der Waals surface area contributed by atoms with Gasteiger partial charge >= 0.3 is 5.97 Å². The molecule has 1 saturated heterocycles. The van der Waals surface area contributed by atoms with Crippen LogP contribution in [0.5, 0.6) is 5.75 Å². The van der Waals surface area contributed by atoms with E-state index in [9.17, 15) is 9.90 Å². The van der Waals surface area contributed by atoms with Crippen LogP contribution in [0, 0.1) is 0 Å². The fourth-order valence-corrected chi connectivity index (χ4v) is 3.63. The first-order valence-electron chi connectivity index (χ1n) is 8.64. The second-order valence-corrected chi connectivity index (χ2v) is 7.40. The summed E-state index contributed by atoms with van der Waals surface area (Å²) in [6.07, 6.45) is 6.29. The third-order valence-electron chi connectivity index (χ3n) is 4.82. The van der Waals surface area contributed by atoms with Gasteiger partial charge in [0.2, 0.25) is 0 Å². The molecule has 1 aliphatic carbocycles. The summed E-state index contributed by atoms with van der Waals surface area (Å²) in [5.41, 5.74) is 1.15. The standard InChI is InChI=1S/C11H14O.C8H16NO2.BrH/c12-11-8-4-3-7-10(11)9-5-1-2-6-9;1-7(10)11-8-4-5-9(2,3)6-8;/h3-4,7-9,12H,1-2,5-6H2;8H,4-6H2,1-3H3;1H/q;+1;/p-1. The number of para-hydroxylation sites is 1. The number of aromatic hydroxyl groups is 1. The molecular formula is C19H30BrNO3. The number of halogens is 1. The van der Waals surface area contributed by atoms with Crippen LogP contribution in [0.2, 0.25) is 0 Å². The summed E-state index contributed by atoms with van der Waals surface area (Å²) in [7, 11) is 4.31. The highest BCUT2D eigenvalue weighted by Crippen LogP contribution is 2.37. The Morgan fingerprint density at radius 2 is 1.79 bits per heavy atom. The van der Waals surface area contributed by atoms with Crippen LogP contribution in [0.25, 0.3) is 0 Å². The molecule has 0 spiro atoms. The Morgan fingerprint density at radius 3 is 2.29 bits per heavy atom. The Morgan fingerprint density at radius 1 is 1.17 bits per heavy atom. The van der Waals surface area contributed by atoms with Gasteiger partial charge in [-0.05, 0) is 30.4 Å². The van der Waals surface area contributed by atoms with Crippen molar-refractivity contribution < 1.29 is 36.1 Å². The maximum atomic E-state index is 10.6. The van der Waals surface area contributed by atoms with Gasteiger partial charge in [-0.1, -0.05) is 31.0 Å². The third kappa shape index (κ3) is 6.44. The van der Waals surface area contributed by atoms with Crippen LogP contribution < -0.4 is 17.0 Å². The molecule has 1 atom stereocenters. The van der Waals surface area contributed by atoms with E-state index in [0.29, 0.717) is 11.7 Å². The van der Waals surface area contributed by atoms with Gasteiger partial charge in [-0.3, -0.25) is 4.79 Å². The van der Waals surface area contributed by atoms with Crippen molar-refractivity contribution in [1.82, 2.24) is 0 Å². The molecule has 24 heavy (non-hydrogen) atoms. The lowest BCUT2D eigenvalue weighted by Gasteiger charge is -2.22. The van der Waals surface area contributed by atoms with Crippen molar-refractivity contribution in [3.8, 4) is 5.75 Å². The number of esters is 1. The summed E-state index contributed by atoms with van der Waals surface area (Å²) in [4.78, 5) is 10.6. The number of ether oxygens (including phenoxy) is 1. The second-order valence-electron chi connectivity index (χ2n) is 7.40. The van der Waals surface area contributed by atoms with Gasteiger partial charge in [0.25, 0.3) is 0 Å². The summed E-state index contributed by atoms with van der Waals surface area (Å²) in [5, 5.41) is 9.57. The minimum Gasteiger partial charge on any atom is -1.00 e. The minimum absolute atomic E-state index is 0. The zero-order valence-corrected chi connectivity index (χ0v) is 16.6. The van der Waals surface area contributed by atoms with E-state index < -0.39 is 0 Å². The zero-order valence-electron chi connectivity index (χ0n) is 15.0. The average Bonchev–Trinajstić information content (AvgIpc) is 3.09. The molecule has 1 N–H and O–H groups in total.